The van der Waals surface area contributed by atoms with Gasteiger partial charge in [-0.1, -0.05) is 42.5 Å². The highest BCUT2D eigenvalue weighted by Crippen LogP contribution is 2.43. The van der Waals surface area contributed by atoms with E-state index in [0.717, 1.165) is 130 Å². The van der Waals surface area contributed by atoms with Gasteiger partial charge in [0.25, 0.3) is 0 Å². The fourth-order valence-electron chi connectivity index (χ4n) is 11.2. The summed E-state index contributed by atoms with van der Waals surface area (Å²) in [6, 6.07) is 8.80. The van der Waals surface area contributed by atoms with Crippen molar-refractivity contribution in [2.75, 3.05) is 0 Å². The van der Waals surface area contributed by atoms with Gasteiger partial charge >= 0.3 is 131 Å². The molecule has 5 unspecified atom stereocenters. The molecule has 1 saturated carbocycles. The summed E-state index contributed by atoms with van der Waals surface area (Å²) in [5.41, 5.74) is 0.756. The fourth-order valence-corrected chi connectivity index (χ4v) is 11.2. The maximum absolute atomic E-state index is 14.4. The number of carbonyl (C=O) groups is 22. The van der Waals surface area contributed by atoms with E-state index in [-0.39, 0.29) is 44.9 Å². The van der Waals surface area contributed by atoms with Gasteiger partial charge in [0.15, 0.2) is 110 Å². The molecule has 1 aromatic carbocycles. The Balaban J connectivity index is 2.60. The first-order valence-electron chi connectivity index (χ1n) is 41.6. The first kappa shape index (κ1) is 113. The number of rotatable bonds is 52. The van der Waals surface area contributed by atoms with Gasteiger partial charge in [0, 0.05) is 45.4 Å². The highest BCUT2D eigenvalue weighted by molar-refractivity contribution is 5.91. The Bertz CT molecular complexity index is 4150. The third-order valence-electron chi connectivity index (χ3n) is 18.3. The van der Waals surface area contributed by atoms with Crippen LogP contribution in [0.5, 0.6) is 0 Å². The van der Waals surface area contributed by atoms with Gasteiger partial charge in [-0.2, -0.15) is 0 Å². The molecule has 2 rings (SSSR count). The number of benzene rings is 1. The van der Waals surface area contributed by atoms with Crippen LogP contribution in [0.3, 0.4) is 0 Å². The second-order valence-corrected chi connectivity index (χ2v) is 30.3. The number of hydrogen-bond acceptors (Lipinski definition) is 44. The van der Waals surface area contributed by atoms with E-state index < -0.39 is 277 Å². The van der Waals surface area contributed by atoms with Crippen molar-refractivity contribution in [2.45, 2.75) is 351 Å². The van der Waals surface area contributed by atoms with E-state index in [1.807, 2.05) is 0 Å². The van der Waals surface area contributed by atoms with Crippen LogP contribution in [0.1, 0.15) is 216 Å². The Morgan fingerprint density at radius 1 is 0.277 bits per heavy atom. The van der Waals surface area contributed by atoms with Gasteiger partial charge < -0.3 is 104 Å². The number of ether oxygens (including phenoxy) is 22. The van der Waals surface area contributed by atoms with Crippen molar-refractivity contribution in [3.05, 3.63) is 48.0 Å². The summed E-state index contributed by atoms with van der Waals surface area (Å²) in [5.74, 6) is -27.4. The van der Waals surface area contributed by atoms with Crippen LogP contribution in [0, 0.1) is 11.8 Å². The lowest BCUT2D eigenvalue weighted by Crippen LogP contribution is -2.39. The molecule has 1 aliphatic rings. The Labute approximate surface area is 749 Å². The molecular weight excluding hydrogens is 1740 g/mol. The quantitative estimate of drug-likeness (QED) is 0.0370. The highest BCUT2D eigenvalue weighted by atomic mass is 16.7. The zero-order chi connectivity index (χ0) is 99.0. The van der Waals surface area contributed by atoms with Gasteiger partial charge in [-0.3, -0.25) is 19.2 Å². The summed E-state index contributed by atoms with van der Waals surface area (Å²) in [6.45, 7) is 26.0. The molecule has 0 N–H and O–H groups in total. The normalized spacial score (nSPS) is 18.3. The average molecular weight is 1860 g/mol. The van der Waals surface area contributed by atoms with Gasteiger partial charge in [-0.25, -0.2) is 86.3 Å². The third kappa shape index (κ3) is 41.6. The van der Waals surface area contributed by atoms with Gasteiger partial charge in [-0.15, -0.1) is 0 Å². The smallest absolute Gasteiger partial charge is 0.347 e. The summed E-state index contributed by atoms with van der Waals surface area (Å²) in [4.78, 5) is 283. The standard InChI is InChI=1S/C86H118O44/c1-40(2)109-68(90)34-30-25-24-29-33-64-65(38-37-63(36-35-62-31-27-26-28-32-62)128-84(106)56(18)125-81(103)53(15)122-78(100)50(12)119-75(97)47(9)116-72(94)44(6)113-69(91)41(3)110-59(21)87)67(130-86(108)58(20)127-83(105)55(17)124-80(102)52(14)121-77(99)49(11)118-74(96)46(8)115-71(93)43(5)112-61(23)89)39-66(64)129-85(107)57(19)126-82(104)54(16)123-79(101)51(13)120-76(98)48(10)117-73(95)45(7)114-70(92)42(4)111-60(22)88/h24,26-29,31-32,40-58,63-67H,25,30,33-39H2,1-23H3/b29-24-/t41-,42-,43-,44-,45-,46-,47-,48-,49-,50-,51-,52-,53-,54-,55-,56-,57-,58-,63?,64?,65?,66?,67?/m0/s1. The topological polar surface area (TPSA) is 579 Å². The molecule has 44 nitrogen and oxygen atoms in total. The van der Waals surface area contributed by atoms with Crippen molar-refractivity contribution in [2.24, 2.45) is 11.8 Å². The zero-order valence-electron chi connectivity index (χ0n) is 76.7. The van der Waals surface area contributed by atoms with Crippen LogP contribution in [0.4, 0.5) is 0 Å². The molecule has 0 aliphatic heterocycles. The van der Waals surface area contributed by atoms with Crippen LogP contribution in [0.2, 0.25) is 0 Å². The molecule has 130 heavy (non-hydrogen) atoms. The number of allylic oxidation sites excluding steroid dienone is 2. The first-order valence-corrected chi connectivity index (χ1v) is 41.6. The van der Waals surface area contributed by atoms with E-state index in [4.69, 9.17) is 104 Å². The van der Waals surface area contributed by atoms with Crippen molar-refractivity contribution in [3.63, 3.8) is 0 Å². The Hall–Kier alpha value is -12.7. The van der Waals surface area contributed by atoms with E-state index in [0.29, 0.717) is 12.8 Å². The SMILES string of the molecule is CC(=O)O[C@@H](C)C(=O)O[C@@H](C)C(=O)O[C@@H](C)C(=O)O[C@@H](C)C(=O)O[C@@H](C)C(=O)O[C@@H](C)C(=O)OC(CCc1ccccc1)CCC1C(OC(=O)[C@H](C)OC(=O)[C@H](C)OC(=O)[C@H](C)OC(=O)[C@H](C)OC(=O)[C@H](C)OC(=O)[C@H](C)OC(C)=O)CC(OC(=O)[C@H](C)OC(=O)[C@H](C)OC(=O)[C@H](C)OC(=O)[C@H](C)OC(=O)[C@H](C)OC(=O)[C@H](C)OC(C)=O)C1C/C=C\CCCC(=O)OC(C)C. The molecule has 726 valence electrons. The van der Waals surface area contributed by atoms with E-state index in [1.165, 1.54) is 20.8 Å². The first-order chi connectivity index (χ1) is 60.5. The van der Waals surface area contributed by atoms with Gasteiger partial charge in [0.2, 0.25) is 0 Å². The van der Waals surface area contributed by atoms with Crippen LogP contribution in [0.25, 0.3) is 0 Å². The van der Waals surface area contributed by atoms with Crippen LogP contribution in [-0.4, -0.2) is 266 Å². The molecule has 0 radical (unpaired) electrons. The molecule has 1 fully saturated rings. The van der Waals surface area contributed by atoms with Crippen molar-refractivity contribution in [1.29, 1.82) is 0 Å². The fraction of sp³-hybridized carbons (Fsp3) is 0.651. The predicted molar refractivity (Wildman–Crippen MR) is 431 cm³/mol. The highest BCUT2D eigenvalue weighted by Gasteiger charge is 2.49. The lowest BCUT2D eigenvalue weighted by molar-refractivity contribution is -0.188. The molecule has 1 aliphatic carbocycles. The second-order valence-electron chi connectivity index (χ2n) is 30.3. The lowest BCUT2D eigenvalue weighted by Gasteiger charge is -2.29. The van der Waals surface area contributed by atoms with Crippen LogP contribution in [0.15, 0.2) is 42.5 Å². The molecule has 0 saturated heterocycles. The minimum Gasteiger partial charge on any atom is -0.463 e. The monoisotopic (exact) mass is 1850 g/mol. The van der Waals surface area contributed by atoms with E-state index >= 15 is 0 Å². The minimum atomic E-state index is -1.85. The Kier molecular flexibility index (Phi) is 48.8. The molecule has 1 aromatic rings. The van der Waals surface area contributed by atoms with E-state index in [9.17, 15) is 105 Å². The number of hydrogen-bond donors (Lipinski definition) is 0. The number of carbonyl (C=O) groups excluding carboxylic acids is 22. The maximum Gasteiger partial charge on any atom is 0.347 e. The van der Waals surface area contributed by atoms with Crippen LogP contribution < -0.4 is 0 Å². The Morgan fingerprint density at radius 2 is 0.508 bits per heavy atom. The summed E-state index contributed by atoms with van der Waals surface area (Å²) < 4.78 is 114. The molecule has 0 amide bonds. The van der Waals surface area contributed by atoms with Crippen molar-refractivity contribution >= 4 is 131 Å². The molecule has 0 bridgehead atoms. The minimum absolute atomic E-state index is 0.0166. The molecule has 0 spiro atoms. The molecule has 0 aromatic heterocycles. The average Bonchev–Trinajstić information content (AvgIpc) is 1.65. The summed E-state index contributed by atoms with van der Waals surface area (Å²) in [6.07, 6.45) is -31.0. The third-order valence-corrected chi connectivity index (χ3v) is 18.3. The molecule has 44 heteroatoms. The largest absolute Gasteiger partial charge is 0.463 e. The molecular formula is C86H118O44. The number of aryl methyl sites for hydroxylation is 1. The van der Waals surface area contributed by atoms with Gasteiger partial charge in [0.1, 0.15) is 18.3 Å². The van der Waals surface area contributed by atoms with Crippen molar-refractivity contribution in [1.82, 2.24) is 0 Å². The molecule has 23 atom stereocenters. The molecule has 0 heterocycles. The van der Waals surface area contributed by atoms with Gasteiger partial charge in [-0.05, 0) is 189 Å². The van der Waals surface area contributed by atoms with Crippen molar-refractivity contribution in [3.8, 4) is 0 Å². The number of unbranched alkanes of at least 4 members (excludes halogenated alkanes) is 1. The second kappa shape index (κ2) is 55.9. The summed E-state index contributed by atoms with van der Waals surface area (Å²) in [7, 11) is 0. The van der Waals surface area contributed by atoms with Crippen LogP contribution in [-0.2, 0) is 216 Å². The van der Waals surface area contributed by atoms with Gasteiger partial charge in [0.05, 0.1) is 6.10 Å². The predicted octanol–water partition coefficient (Wildman–Crippen LogP) is 4.67. The number of esters is 22. The Morgan fingerprint density at radius 3 is 0.754 bits per heavy atom. The lowest BCUT2D eigenvalue weighted by atomic mass is 9.85. The van der Waals surface area contributed by atoms with E-state index in [2.05, 4.69) is 0 Å². The van der Waals surface area contributed by atoms with Crippen molar-refractivity contribution < 1.29 is 210 Å². The van der Waals surface area contributed by atoms with E-state index in [1.54, 1.807) is 56.3 Å². The maximum atomic E-state index is 14.4. The van der Waals surface area contributed by atoms with Crippen LogP contribution >= 0.6 is 0 Å². The summed E-state index contributed by atoms with van der Waals surface area (Å²) in [5, 5.41) is 0. The zero-order valence-corrected chi connectivity index (χ0v) is 76.7. The summed E-state index contributed by atoms with van der Waals surface area (Å²) >= 11 is 0.